The number of carbonyl (C=O) groups is 1. The molecule has 0 spiro atoms. The fourth-order valence-electron chi connectivity index (χ4n) is 4.53. The molecule has 0 atom stereocenters. The number of carbonyl (C=O) groups excluding carboxylic acids is 1. The van der Waals surface area contributed by atoms with Crippen molar-refractivity contribution in [3.63, 3.8) is 0 Å². The van der Waals surface area contributed by atoms with Crippen molar-refractivity contribution < 1.29 is 18.0 Å². The minimum absolute atomic E-state index is 0.0352. The molecule has 2 heterocycles. The third-order valence-corrected chi connectivity index (χ3v) is 5.87. The highest BCUT2D eigenvalue weighted by Crippen LogP contribution is 2.43. The van der Waals surface area contributed by atoms with E-state index in [9.17, 15) is 22.8 Å². The van der Waals surface area contributed by atoms with Crippen molar-refractivity contribution >= 4 is 16.6 Å². The summed E-state index contributed by atoms with van der Waals surface area (Å²) in [7, 11) is 0. The highest BCUT2D eigenvalue weighted by atomic mass is 19.4. The zero-order chi connectivity index (χ0) is 22.6. The first-order chi connectivity index (χ1) is 15.2. The van der Waals surface area contributed by atoms with Gasteiger partial charge in [0, 0.05) is 22.9 Å². The number of benzene rings is 3. The molecular formula is C26H18F3NO2. The van der Waals surface area contributed by atoms with Crippen LogP contribution in [0.5, 0.6) is 0 Å². The van der Waals surface area contributed by atoms with Gasteiger partial charge in [-0.1, -0.05) is 48.5 Å². The highest BCUT2D eigenvalue weighted by Gasteiger charge is 2.32. The van der Waals surface area contributed by atoms with Crippen LogP contribution in [0.25, 0.3) is 33.2 Å². The molecule has 1 aliphatic heterocycles. The van der Waals surface area contributed by atoms with Gasteiger partial charge in [0.2, 0.25) is 0 Å². The molecule has 0 N–H and O–H groups in total. The number of hydrogen-bond donors (Lipinski definition) is 0. The summed E-state index contributed by atoms with van der Waals surface area (Å²) in [6.07, 6.45) is -4.22. The van der Waals surface area contributed by atoms with E-state index in [1.54, 1.807) is 4.57 Å². The van der Waals surface area contributed by atoms with Crippen LogP contribution in [-0.2, 0) is 23.9 Å². The summed E-state index contributed by atoms with van der Waals surface area (Å²) in [5, 5.41) is 0.528. The maximum absolute atomic E-state index is 13.5. The van der Waals surface area contributed by atoms with Gasteiger partial charge in [-0.05, 0) is 47.2 Å². The minimum atomic E-state index is -4.52. The fraction of sp³-hybridized carbons (Fsp3) is 0.154. The van der Waals surface area contributed by atoms with E-state index in [0.717, 1.165) is 34.4 Å². The number of pyridine rings is 1. The van der Waals surface area contributed by atoms with Crippen molar-refractivity contribution in [3.8, 4) is 22.4 Å². The van der Waals surface area contributed by atoms with Gasteiger partial charge in [0.25, 0.3) is 5.56 Å². The molecule has 0 bridgehead atoms. The Labute approximate surface area is 181 Å². The second-order valence-corrected chi connectivity index (χ2v) is 8.11. The summed E-state index contributed by atoms with van der Waals surface area (Å²) in [5.41, 5.74) is 3.36. The molecule has 0 unspecified atom stereocenters. The molecule has 4 aromatic rings. The Balaban J connectivity index is 1.87. The molecular weight excluding hydrogens is 415 g/mol. The first-order valence-electron chi connectivity index (χ1n) is 10.2. The number of fused-ring (bicyclic) bond motifs is 4. The number of nitrogens with zero attached hydrogens (tertiary/aromatic N) is 1. The summed E-state index contributed by atoms with van der Waals surface area (Å²) >= 11 is 0. The molecule has 0 fully saturated rings. The van der Waals surface area contributed by atoms with Crippen molar-refractivity contribution in [2.24, 2.45) is 0 Å². The average molecular weight is 433 g/mol. The first kappa shape index (κ1) is 20.2. The molecule has 3 aromatic carbocycles. The second kappa shape index (κ2) is 7.19. The van der Waals surface area contributed by atoms with Crippen LogP contribution < -0.4 is 5.56 Å². The van der Waals surface area contributed by atoms with Crippen LogP contribution in [0.15, 0.2) is 71.5 Å². The summed E-state index contributed by atoms with van der Waals surface area (Å²) in [4.78, 5) is 24.9. The predicted octanol–water partition coefficient (Wildman–Crippen LogP) is 5.85. The van der Waals surface area contributed by atoms with Crippen molar-refractivity contribution in [1.29, 1.82) is 0 Å². The Kier molecular flexibility index (Phi) is 4.55. The molecule has 5 rings (SSSR count). The van der Waals surface area contributed by atoms with Crippen molar-refractivity contribution in [1.82, 2.24) is 4.57 Å². The molecule has 32 heavy (non-hydrogen) atoms. The third kappa shape index (κ3) is 3.23. The van der Waals surface area contributed by atoms with Gasteiger partial charge in [-0.2, -0.15) is 13.2 Å². The van der Waals surface area contributed by atoms with Gasteiger partial charge < -0.3 is 4.57 Å². The fourth-order valence-corrected chi connectivity index (χ4v) is 4.53. The van der Waals surface area contributed by atoms with Crippen LogP contribution in [0.1, 0.15) is 23.6 Å². The smallest absolute Gasteiger partial charge is 0.303 e. The molecule has 6 heteroatoms. The molecule has 3 nitrogen and oxygen atoms in total. The van der Waals surface area contributed by atoms with E-state index in [1.807, 2.05) is 48.5 Å². The highest BCUT2D eigenvalue weighted by molar-refractivity contribution is 6.04. The zero-order valence-corrected chi connectivity index (χ0v) is 17.2. The monoisotopic (exact) mass is 433 g/mol. The Hall–Kier alpha value is -3.67. The van der Waals surface area contributed by atoms with Gasteiger partial charge in [-0.25, -0.2) is 0 Å². The van der Waals surface area contributed by atoms with Crippen LogP contribution in [0, 0.1) is 0 Å². The Morgan fingerprint density at radius 3 is 2.41 bits per heavy atom. The quantitative estimate of drug-likeness (QED) is 0.358. The van der Waals surface area contributed by atoms with Crippen LogP contribution in [0.4, 0.5) is 13.2 Å². The minimum Gasteiger partial charge on any atom is -0.303 e. The number of halogens is 3. The Morgan fingerprint density at radius 1 is 0.969 bits per heavy atom. The van der Waals surface area contributed by atoms with Crippen LogP contribution in [-0.4, -0.2) is 10.4 Å². The van der Waals surface area contributed by atoms with Gasteiger partial charge in [0.1, 0.15) is 5.78 Å². The van der Waals surface area contributed by atoms with E-state index in [4.69, 9.17) is 0 Å². The molecule has 0 radical (unpaired) electrons. The number of alkyl halides is 3. The second-order valence-electron chi connectivity index (χ2n) is 8.11. The Bertz CT molecular complexity index is 1450. The van der Waals surface area contributed by atoms with E-state index in [2.05, 4.69) is 0 Å². The Morgan fingerprint density at radius 2 is 1.72 bits per heavy atom. The average Bonchev–Trinajstić information content (AvgIpc) is 3.12. The van der Waals surface area contributed by atoms with Gasteiger partial charge >= 0.3 is 6.18 Å². The lowest BCUT2D eigenvalue weighted by Crippen LogP contribution is -2.20. The molecule has 0 saturated heterocycles. The van der Waals surface area contributed by atoms with Gasteiger partial charge in [-0.3, -0.25) is 9.59 Å². The molecule has 160 valence electrons. The largest absolute Gasteiger partial charge is 0.416 e. The molecule has 0 aliphatic carbocycles. The molecule has 0 saturated carbocycles. The van der Waals surface area contributed by atoms with Crippen molar-refractivity contribution in [2.75, 3.05) is 0 Å². The summed E-state index contributed by atoms with van der Waals surface area (Å²) in [6, 6.07) is 18.1. The lowest BCUT2D eigenvalue weighted by molar-refractivity contribution is -0.137. The van der Waals surface area contributed by atoms with E-state index in [-0.39, 0.29) is 22.1 Å². The summed E-state index contributed by atoms with van der Waals surface area (Å²) in [5.74, 6) is 0.0352. The van der Waals surface area contributed by atoms with Crippen LogP contribution in [0.3, 0.4) is 0 Å². The number of rotatable bonds is 3. The van der Waals surface area contributed by atoms with Gasteiger partial charge in [0.15, 0.2) is 0 Å². The molecule has 1 aromatic heterocycles. The lowest BCUT2D eigenvalue weighted by Gasteiger charge is -2.16. The van der Waals surface area contributed by atoms with Crippen LogP contribution >= 0.6 is 0 Å². The number of hydrogen-bond acceptors (Lipinski definition) is 2. The number of ketones is 1. The lowest BCUT2D eigenvalue weighted by atomic mass is 9.92. The van der Waals surface area contributed by atoms with E-state index >= 15 is 0 Å². The maximum Gasteiger partial charge on any atom is 0.416 e. The topological polar surface area (TPSA) is 39.1 Å². The number of aromatic nitrogens is 1. The van der Waals surface area contributed by atoms with Gasteiger partial charge in [-0.15, -0.1) is 0 Å². The van der Waals surface area contributed by atoms with Crippen molar-refractivity contribution in [3.05, 3.63) is 93.8 Å². The zero-order valence-electron chi connectivity index (χ0n) is 17.2. The third-order valence-electron chi connectivity index (χ3n) is 5.87. The van der Waals surface area contributed by atoms with E-state index in [0.29, 0.717) is 24.2 Å². The SMILES string of the molecule is CC(=O)Cc1ccc2c(c1)Cn1c-2c(-c2ccccc2)c2cc(C(F)(F)F)ccc2c1=O. The summed E-state index contributed by atoms with van der Waals surface area (Å²) < 4.78 is 42.1. The van der Waals surface area contributed by atoms with E-state index < -0.39 is 11.7 Å². The number of Topliss-reactive ketones (excluding diaryl/α,β-unsaturated/α-hetero) is 1. The van der Waals surface area contributed by atoms with E-state index in [1.165, 1.54) is 13.0 Å². The molecule has 1 aliphatic rings. The summed E-state index contributed by atoms with van der Waals surface area (Å²) in [6.45, 7) is 1.83. The standard InChI is InChI=1S/C26H18F3NO2/c1-15(31)11-16-7-9-20-18(12-16)14-30-24(20)23(17-5-3-2-4-6-17)22-13-19(26(27,28)29)8-10-21(22)25(30)32/h2-10,12-13H,11,14H2,1H3. The maximum atomic E-state index is 13.5. The van der Waals surface area contributed by atoms with Crippen LogP contribution in [0.2, 0.25) is 0 Å². The molecule has 0 amide bonds. The van der Waals surface area contributed by atoms with Crippen molar-refractivity contribution in [2.45, 2.75) is 26.1 Å². The predicted molar refractivity (Wildman–Crippen MR) is 118 cm³/mol. The first-order valence-corrected chi connectivity index (χ1v) is 10.2. The normalized spacial score (nSPS) is 12.6. The van der Waals surface area contributed by atoms with Gasteiger partial charge in [0.05, 0.1) is 17.8 Å².